The van der Waals surface area contributed by atoms with Crippen LogP contribution in [0.4, 0.5) is 0 Å². The van der Waals surface area contributed by atoms with E-state index >= 15 is 0 Å². The van der Waals surface area contributed by atoms with Gasteiger partial charge in [-0.05, 0) is 23.2 Å². The highest BCUT2D eigenvalue weighted by Crippen LogP contribution is 2.08. The van der Waals surface area contributed by atoms with Gasteiger partial charge in [0.25, 0.3) is 0 Å². The highest BCUT2D eigenvalue weighted by molar-refractivity contribution is 4.47. The van der Waals surface area contributed by atoms with Crippen LogP contribution in [-0.4, -0.2) is 0 Å². The molecule has 0 amide bonds. The van der Waals surface area contributed by atoms with E-state index in [1.807, 2.05) is 0 Å². The summed E-state index contributed by atoms with van der Waals surface area (Å²) in [4.78, 5) is 0. The molecule has 0 rings (SSSR count). The van der Waals surface area contributed by atoms with Crippen LogP contribution in [0.3, 0.4) is 0 Å². The summed E-state index contributed by atoms with van der Waals surface area (Å²) in [6.45, 7) is 41.6. The lowest BCUT2D eigenvalue weighted by Gasteiger charge is -2.05. The molecular formula is C31H76. The summed E-state index contributed by atoms with van der Waals surface area (Å²) in [5.74, 6) is 2.60. The molecule has 31 heavy (non-hydrogen) atoms. The van der Waals surface area contributed by atoms with Gasteiger partial charge in [-0.1, -0.05) is 183 Å². The van der Waals surface area contributed by atoms with Crippen LogP contribution in [0.5, 0.6) is 0 Å². The van der Waals surface area contributed by atoms with Crippen LogP contribution >= 0.6 is 0 Å². The lowest BCUT2D eigenvalue weighted by Crippen LogP contribution is -1.93. The van der Waals surface area contributed by atoms with E-state index in [9.17, 15) is 0 Å². The van der Waals surface area contributed by atoms with Crippen molar-refractivity contribution in [2.75, 3.05) is 0 Å². The standard InChI is InChI=1S/4C5H12.2C4H10.C3H8/c1-5(2,3)4;2*1-4-5(2)3;1-3-5-4-2;1-4(2)3;1-3-4-2;1-3-2/h1-4H3;2*5H,4H2,1-3H3;3-5H2,1-2H3;4H,1-3H3;3-4H2,1-2H3;3H2,1-2H3. The Hall–Kier alpha value is 0. The van der Waals surface area contributed by atoms with Crippen molar-refractivity contribution in [3.8, 4) is 0 Å². The Morgan fingerprint density at radius 1 is 0.452 bits per heavy atom. The summed E-state index contributed by atoms with van der Waals surface area (Å²) in [6, 6.07) is 0. The Morgan fingerprint density at radius 3 is 0.581 bits per heavy atom. The number of rotatable bonds is 5. The highest BCUT2D eigenvalue weighted by atomic mass is 14.0. The summed E-state index contributed by atoms with van der Waals surface area (Å²) in [5, 5.41) is 0. The van der Waals surface area contributed by atoms with Crippen molar-refractivity contribution in [3.05, 3.63) is 0 Å². The first-order valence-electron chi connectivity index (χ1n) is 14.0. The topological polar surface area (TPSA) is 0 Å². The Labute approximate surface area is 206 Å². The van der Waals surface area contributed by atoms with Gasteiger partial charge < -0.3 is 0 Å². The van der Waals surface area contributed by atoms with Crippen molar-refractivity contribution in [1.82, 2.24) is 0 Å². The number of hydrogen-bond acceptors (Lipinski definition) is 0. The van der Waals surface area contributed by atoms with Crippen LogP contribution in [0.2, 0.25) is 0 Å². The normalized spacial score (nSPS) is 9.10. The molecule has 0 aromatic rings. The molecule has 0 atom stereocenters. The van der Waals surface area contributed by atoms with Crippen molar-refractivity contribution in [2.24, 2.45) is 23.2 Å². The van der Waals surface area contributed by atoms with Gasteiger partial charge in [-0.3, -0.25) is 0 Å². The Kier molecular flexibility index (Phi) is 74.5. The van der Waals surface area contributed by atoms with E-state index in [2.05, 4.69) is 132 Å². The van der Waals surface area contributed by atoms with E-state index in [1.165, 1.54) is 51.4 Å². The highest BCUT2D eigenvalue weighted by Gasteiger charge is 1.95. The second-order valence-corrected chi connectivity index (χ2v) is 11.4. The third-order valence-electron chi connectivity index (χ3n) is 2.84. The Bertz CT molecular complexity index is 172. The number of hydrogen-bond donors (Lipinski definition) is 0. The average Bonchev–Trinajstić information content (AvgIpc) is 2.62. The second-order valence-electron chi connectivity index (χ2n) is 11.4. The minimum atomic E-state index is 0.500. The van der Waals surface area contributed by atoms with Crippen molar-refractivity contribution >= 4 is 0 Å². The largest absolute Gasteiger partial charge is 0.0656 e. The van der Waals surface area contributed by atoms with Crippen molar-refractivity contribution in [2.45, 2.75) is 183 Å². The number of unbranched alkanes of at least 4 members (excludes halogenated alkanes) is 3. The van der Waals surface area contributed by atoms with Crippen LogP contribution in [0.1, 0.15) is 183 Å². The molecule has 0 saturated carbocycles. The molecule has 0 bridgehead atoms. The third kappa shape index (κ3) is 480. The Morgan fingerprint density at radius 2 is 0.581 bits per heavy atom. The molecule has 0 radical (unpaired) electrons. The summed E-state index contributed by atoms with van der Waals surface area (Å²) < 4.78 is 0. The molecular weight excluding hydrogens is 372 g/mol. The van der Waals surface area contributed by atoms with Crippen molar-refractivity contribution in [3.63, 3.8) is 0 Å². The van der Waals surface area contributed by atoms with E-state index < -0.39 is 0 Å². The van der Waals surface area contributed by atoms with Crippen molar-refractivity contribution in [1.29, 1.82) is 0 Å². The summed E-state index contributed by atoms with van der Waals surface area (Å²) in [7, 11) is 0. The summed E-state index contributed by atoms with van der Waals surface area (Å²) >= 11 is 0. The molecule has 200 valence electrons. The molecule has 0 fully saturated rings. The predicted octanol–water partition coefficient (Wildman–Crippen LogP) is 13.2. The lowest BCUT2D eigenvalue weighted by atomic mass is 10.0. The first-order chi connectivity index (χ1) is 14.0. The molecule has 0 N–H and O–H groups in total. The molecule has 0 aromatic heterocycles. The van der Waals surface area contributed by atoms with Gasteiger partial charge in [0.1, 0.15) is 0 Å². The molecule has 0 saturated heterocycles. The molecule has 0 aliphatic heterocycles. The monoisotopic (exact) mass is 449 g/mol. The molecule has 0 aromatic carbocycles. The van der Waals surface area contributed by atoms with Crippen LogP contribution in [0, 0.1) is 23.2 Å². The average molecular weight is 449 g/mol. The van der Waals surface area contributed by atoms with Gasteiger partial charge >= 0.3 is 0 Å². The van der Waals surface area contributed by atoms with Gasteiger partial charge in [0.2, 0.25) is 0 Å². The fourth-order valence-electron chi connectivity index (χ4n) is 0.354. The van der Waals surface area contributed by atoms with Crippen LogP contribution in [-0.2, 0) is 0 Å². The minimum Gasteiger partial charge on any atom is -0.0656 e. The molecule has 0 aliphatic rings. The Balaban J connectivity index is -0.0000000436. The lowest BCUT2D eigenvalue weighted by molar-refractivity contribution is 0.469. The zero-order valence-electron chi connectivity index (χ0n) is 26.9. The van der Waals surface area contributed by atoms with E-state index in [4.69, 9.17) is 0 Å². The predicted molar refractivity (Wildman–Crippen MR) is 158 cm³/mol. The smallest absolute Gasteiger partial charge is 0.0411 e. The maximum atomic E-state index is 2.22. The van der Waals surface area contributed by atoms with Gasteiger partial charge in [0, 0.05) is 0 Å². The molecule has 0 spiro atoms. The first kappa shape index (κ1) is 48.4. The molecule has 0 aliphatic carbocycles. The fraction of sp³-hybridized carbons (Fsp3) is 1.00. The van der Waals surface area contributed by atoms with Crippen molar-refractivity contribution < 1.29 is 0 Å². The first-order valence-corrected chi connectivity index (χ1v) is 14.0. The summed E-state index contributed by atoms with van der Waals surface area (Å²) in [6.07, 6.45) is 10.6. The minimum absolute atomic E-state index is 0.500. The zero-order chi connectivity index (χ0) is 26.9. The van der Waals surface area contributed by atoms with E-state index in [1.54, 1.807) is 0 Å². The maximum absolute atomic E-state index is 2.22. The second kappa shape index (κ2) is 47.7. The van der Waals surface area contributed by atoms with Crippen LogP contribution in [0.25, 0.3) is 0 Å². The van der Waals surface area contributed by atoms with Gasteiger partial charge in [0.05, 0.1) is 0 Å². The maximum Gasteiger partial charge on any atom is -0.0411 e. The molecule has 0 unspecified atom stereocenters. The third-order valence-corrected chi connectivity index (χ3v) is 2.84. The zero-order valence-corrected chi connectivity index (χ0v) is 26.9. The molecule has 0 nitrogen and oxygen atoms in total. The van der Waals surface area contributed by atoms with Gasteiger partial charge in [-0.15, -0.1) is 0 Å². The fourth-order valence-corrected chi connectivity index (χ4v) is 0.354. The van der Waals surface area contributed by atoms with E-state index in [0.717, 1.165) is 17.8 Å². The van der Waals surface area contributed by atoms with Gasteiger partial charge in [0.15, 0.2) is 0 Å². The van der Waals surface area contributed by atoms with Gasteiger partial charge in [-0.25, -0.2) is 0 Å². The van der Waals surface area contributed by atoms with Crippen LogP contribution in [0.15, 0.2) is 0 Å². The SMILES string of the molecule is CC(C)(C)C.CC(C)C.CCC.CCC(C)C.CCC(C)C.CCCC.CCCCC. The van der Waals surface area contributed by atoms with Gasteiger partial charge in [-0.2, -0.15) is 0 Å². The van der Waals surface area contributed by atoms with E-state index in [0.29, 0.717) is 5.41 Å². The van der Waals surface area contributed by atoms with Crippen LogP contribution < -0.4 is 0 Å². The molecule has 0 heteroatoms. The summed E-state index contributed by atoms with van der Waals surface area (Å²) in [5.41, 5.74) is 0.500. The van der Waals surface area contributed by atoms with E-state index in [-0.39, 0.29) is 0 Å². The quantitative estimate of drug-likeness (QED) is 0.392. The molecule has 0 heterocycles.